The number of amides is 5. The van der Waals surface area contributed by atoms with Crippen molar-refractivity contribution in [3.63, 3.8) is 0 Å². The summed E-state index contributed by atoms with van der Waals surface area (Å²) in [7, 11) is 2.81. The summed E-state index contributed by atoms with van der Waals surface area (Å²) in [5, 5.41) is 22.2. The van der Waals surface area contributed by atoms with Crippen LogP contribution in [0.5, 0.6) is 5.75 Å². The number of hydrazine groups is 1. The van der Waals surface area contributed by atoms with Gasteiger partial charge in [0.15, 0.2) is 0 Å². The number of rotatable bonds is 20. The van der Waals surface area contributed by atoms with Crippen molar-refractivity contribution < 1.29 is 33.8 Å². The predicted octanol–water partition coefficient (Wildman–Crippen LogP) is 4.50. The molecule has 1 aliphatic rings. The van der Waals surface area contributed by atoms with Crippen LogP contribution >= 0.6 is 11.3 Å². The summed E-state index contributed by atoms with van der Waals surface area (Å²) in [5.74, 6) is -0.586. The molecule has 3 aromatic rings. The summed E-state index contributed by atoms with van der Waals surface area (Å²) in [6, 6.07) is 14.1. The van der Waals surface area contributed by atoms with Crippen molar-refractivity contribution in [2.75, 3.05) is 33.9 Å². The number of carbonyl (C=O) groups excluding carboxylic acids is 4. The average molecular weight is 780 g/mol. The number of benzene rings is 2. The minimum absolute atomic E-state index is 0.0848. The molecule has 0 bridgehead atoms. The third-order valence-electron chi connectivity index (χ3n) is 10.2. The number of methoxy groups -OCH3 is 2. The first-order valence-electron chi connectivity index (χ1n) is 18.9. The SMILES string of the molecule is CC[C@H](C)[C@H](NC(=O)OC)C(=O)NN(Cc1ccc(OC)cc1)C[C@H](O)[C@H](Cc1ccccc1)NC(=O)[C@H]([C@@H](C)CC)N1CCN(Cc2csc(C)n2)C1=O. The first-order chi connectivity index (χ1) is 26.4. The van der Waals surface area contributed by atoms with Crippen molar-refractivity contribution in [3.8, 4) is 5.75 Å². The zero-order valence-corrected chi connectivity index (χ0v) is 33.8. The van der Waals surface area contributed by atoms with E-state index in [4.69, 9.17) is 9.47 Å². The second-order valence-electron chi connectivity index (χ2n) is 14.2. The molecule has 55 heavy (non-hydrogen) atoms. The fourth-order valence-corrected chi connectivity index (χ4v) is 7.20. The Morgan fingerprint density at radius 3 is 2.24 bits per heavy atom. The van der Waals surface area contributed by atoms with Crippen LogP contribution in [0, 0.1) is 18.8 Å². The molecule has 1 aliphatic heterocycles. The van der Waals surface area contributed by atoms with Gasteiger partial charge in [0.1, 0.15) is 17.8 Å². The first-order valence-corrected chi connectivity index (χ1v) is 19.8. The molecule has 6 atom stereocenters. The third-order valence-corrected chi connectivity index (χ3v) is 11.0. The lowest BCUT2D eigenvalue weighted by Gasteiger charge is -2.35. The molecule has 300 valence electrons. The number of nitrogens with one attached hydrogen (secondary N) is 3. The van der Waals surface area contributed by atoms with Crippen LogP contribution in [0.25, 0.3) is 0 Å². The summed E-state index contributed by atoms with van der Waals surface area (Å²) in [5.41, 5.74) is 5.45. The third kappa shape index (κ3) is 12.1. The average Bonchev–Trinajstić information content (AvgIpc) is 3.76. The maximum Gasteiger partial charge on any atom is 0.407 e. The van der Waals surface area contributed by atoms with Gasteiger partial charge in [0.2, 0.25) is 5.91 Å². The number of aryl methyl sites for hydroxylation is 1. The van der Waals surface area contributed by atoms with E-state index < -0.39 is 36.2 Å². The number of hydrogen-bond donors (Lipinski definition) is 4. The molecule has 0 unspecified atom stereocenters. The van der Waals surface area contributed by atoms with Gasteiger partial charge in [-0.3, -0.25) is 15.0 Å². The number of ether oxygens (including phenoxy) is 2. The van der Waals surface area contributed by atoms with Crippen LogP contribution in [0.1, 0.15) is 62.4 Å². The van der Waals surface area contributed by atoms with E-state index >= 15 is 0 Å². The van der Waals surface area contributed by atoms with E-state index in [1.165, 1.54) is 18.4 Å². The maximum atomic E-state index is 14.4. The van der Waals surface area contributed by atoms with Crippen LogP contribution in [-0.4, -0.2) is 107 Å². The summed E-state index contributed by atoms with van der Waals surface area (Å²) in [4.78, 5) is 62.1. The normalized spacial score (nSPS) is 16.2. The lowest BCUT2D eigenvalue weighted by molar-refractivity contribution is -0.132. The zero-order chi connectivity index (χ0) is 40.1. The lowest BCUT2D eigenvalue weighted by Crippen LogP contribution is -2.59. The van der Waals surface area contributed by atoms with Crippen molar-refractivity contribution in [2.24, 2.45) is 11.8 Å². The van der Waals surface area contributed by atoms with Gasteiger partial charge < -0.3 is 35.0 Å². The van der Waals surface area contributed by atoms with Gasteiger partial charge in [-0.2, -0.15) is 0 Å². The predicted molar refractivity (Wildman–Crippen MR) is 211 cm³/mol. The van der Waals surface area contributed by atoms with E-state index in [2.05, 4.69) is 21.0 Å². The zero-order valence-electron chi connectivity index (χ0n) is 33.0. The van der Waals surface area contributed by atoms with Crippen LogP contribution in [0.15, 0.2) is 60.0 Å². The van der Waals surface area contributed by atoms with E-state index in [0.717, 1.165) is 21.8 Å². The summed E-state index contributed by atoms with van der Waals surface area (Å²) in [6.45, 7) is 11.0. The van der Waals surface area contributed by atoms with Crippen LogP contribution in [0.4, 0.5) is 9.59 Å². The number of nitrogens with zero attached hydrogens (tertiary/aromatic N) is 4. The van der Waals surface area contributed by atoms with Gasteiger partial charge in [-0.15, -0.1) is 11.3 Å². The number of carbonyl (C=O) groups is 4. The fourth-order valence-electron chi connectivity index (χ4n) is 6.60. The van der Waals surface area contributed by atoms with Gasteiger partial charge in [0.05, 0.1) is 43.6 Å². The van der Waals surface area contributed by atoms with E-state index in [-0.39, 0.29) is 43.3 Å². The van der Waals surface area contributed by atoms with Gasteiger partial charge in [0, 0.05) is 31.6 Å². The van der Waals surface area contributed by atoms with Crippen molar-refractivity contribution in [1.29, 1.82) is 0 Å². The van der Waals surface area contributed by atoms with Crippen molar-refractivity contribution in [2.45, 2.75) is 91.2 Å². The Labute approximate surface area is 328 Å². The maximum absolute atomic E-state index is 14.4. The Bertz CT molecular complexity index is 1690. The smallest absolute Gasteiger partial charge is 0.407 e. The molecule has 4 rings (SSSR count). The van der Waals surface area contributed by atoms with Gasteiger partial charge in [0.25, 0.3) is 5.91 Å². The Morgan fingerprint density at radius 2 is 1.64 bits per heavy atom. The number of thiazole rings is 1. The van der Waals surface area contributed by atoms with Crippen LogP contribution in [0.2, 0.25) is 0 Å². The second-order valence-corrected chi connectivity index (χ2v) is 15.2. The molecule has 2 heterocycles. The summed E-state index contributed by atoms with van der Waals surface area (Å²) < 4.78 is 10.1. The van der Waals surface area contributed by atoms with Gasteiger partial charge in [-0.05, 0) is 48.4 Å². The number of aliphatic hydroxyl groups is 1. The molecular formula is C40H57N7O7S. The Kier molecular flexibility index (Phi) is 16.3. The highest BCUT2D eigenvalue weighted by molar-refractivity contribution is 7.09. The highest BCUT2D eigenvalue weighted by Crippen LogP contribution is 2.24. The molecule has 1 saturated heterocycles. The molecule has 4 N–H and O–H groups in total. The van der Waals surface area contributed by atoms with Gasteiger partial charge in [-0.25, -0.2) is 19.6 Å². The number of hydrogen-bond acceptors (Lipinski definition) is 10. The standard InChI is InChI=1S/C40H57N7O7S/c1-8-26(3)35(43-39(51)54-7)37(49)44-46(22-30-15-17-32(53-6)18-16-30)24-34(48)33(21-29-13-11-10-12-14-29)42-38(50)36(27(4)9-2)47-20-19-45(40(47)52)23-31-25-55-28(5)41-31/h10-18,25-27,33-36,48H,8-9,19-24H2,1-7H3,(H,42,50)(H,43,51)(H,44,49)/t26-,27-,33-,34-,35-,36-/m0/s1. The minimum Gasteiger partial charge on any atom is -0.497 e. The minimum atomic E-state index is -1.19. The number of urea groups is 1. The quantitative estimate of drug-likeness (QED) is 0.121. The molecule has 0 radical (unpaired) electrons. The molecule has 14 nitrogen and oxygen atoms in total. The Balaban J connectivity index is 1.60. The molecule has 1 aromatic heterocycles. The second kappa shape index (κ2) is 20.8. The first kappa shape index (κ1) is 43.0. The molecule has 15 heteroatoms. The number of alkyl carbamates (subject to hydrolysis) is 1. The Morgan fingerprint density at radius 1 is 0.945 bits per heavy atom. The van der Waals surface area contributed by atoms with Crippen LogP contribution < -0.4 is 20.8 Å². The fraction of sp³-hybridized carbons (Fsp3) is 0.525. The summed E-state index contributed by atoms with van der Waals surface area (Å²) >= 11 is 1.53. The molecule has 0 spiro atoms. The van der Waals surface area contributed by atoms with Gasteiger partial charge >= 0.3 is 12.1 Å². The number of aliphatic hydroxyl groups excluding tert-OH is 1. The van der Waals surface area contributed by atoms with Crippen molar-refractivity contribution >= 4 is 35.3 Å². The Hall–Kier alpha value is -4.73. The number of aromatic nitrogens is 1. The molecular weight excluding hydrogens is 723 g/mol. The van der Waals surface area contributed by atoms with E-state index in [1.54, 1.807) is 34.1 Å². The van der Waals surface area contributed by atoms with E-state index in [1.807, 2.05) is 82.5 Å². The van der Waals surface area contributed by atoms with Gasteiger partial charge in [-0.1, -0.05) is 83.0 Å². The molecule has 1 fully saturated rings. The van der Waals surface area contributed by atoms with E-state index in [0.29, 0.717) is 38.2 Å². The van der Waals surface area contributed by atoms with Crippen molar-refractivity contribution in [3.05, 3.63) is 81.8 Å². The van der Waals surface area contributed by atoms with Crippen molar-refractivity contribution in [1.82, 2.24) is 35.9 Å². The largest absolute Gasteiger partial charge is 0.497 e. The molecule has 2 aromatic carbocycles. The molecule has 0 aliphatic carbocycles. The molecule has 5 amide bonds. The highest BCUT2D eigenvalue weighted by Gasteiger charge is 2.41. The highest BCUT2D eigenvalue weighted by atomic mass is 32.1. The monoisotopic (exact) mass is 779 g/mol. The lowest BCUT2D eigenvalue weighted by atomic mass is 9.95. The van der Waals surface area contributed by atoms with E-state index in [9.17, 15) is 24.3 Å². The topological polar surface area (TPSA) is 166 Å². The summed E-state index contributed by atoms with van der Waals surface area (Å²) in [6.07, 6.45) is -0.379. The van der Waals surface area contributed by atoms with Crippen LogP contribution in [-0.2, 0) is 33.8 Å². The molecule has 0 saturated carbocycles. The van der Waals surface area contributed by atoms with Crippen LogP contribution in [0.3, 0.4) is 0 Å².